The third-order valence-electron chi connectivity index (χ3n) is 4.73. The first-order chi connectivity index (χ1) is 13.6. The lowest BCUT2D eigenvalue weighted by molar-refractivity contribution is -0.126. The van der Waals surface area contributed by atoms with Crippen molar-refractivity contribution in [2.24, 2.45) is 5.92 Å². The first-order valence-corrected chi connectivity index (χ1v) is 9.47. The molecule has 2 N–H and O–H groups in total. The van der Waals surface area contributed by atoms with E-state index >= 15 is 0 Å². The van der Waals surface area contributed by atoms with Crippen LogP contribution in [0.3, 0.4) is 0 Å². The number of hydrogen-bond donors (Lipinski definition) is 2. The summed E-state index contributed by atoms with van der Waals surface area (Å²) in [5.74, 6) is 0.342. The number of methoxy groups -OCH3 is 1. The number of rotatable bonds is 7. The third-order valence-corrected chi connectivity index (χ3v) is 4.73. The maximum absolute atomic E-state index is 12.4. The minimum atomic E-state index is -0.238. The van der Waals surface area contributed by atoms with Crippen LogP contribution in [0.15, 0.2) is 42.5 Å². The molecule has 0 radical (unpaired) electrons. The minimum Gasteiger partial charge on any atom is -0.492 e. The molecule has 0 bridgehead atoms. The molecule has 0 aliphatic carbocycles. The van der Waals surface area contributed by atoms with Crippen LogP contribution < -0.4 is 15.4 Å². The molecule has 2 amide bonds. The lowest BCUT2D eigenvalue weighted by atomic mass is 9.95. The van der Waals surface area contributed by atoms with Crippen molar-refractivity contribution in [3.63, 3.8) is 0 Å². The zero-order valence-electron chi connectivity index (χ0n) is 16.3. The molecule has 0 spiro atoms. The summed E-state index contributed by atoms with van der Waals surface area (Å²) >= 11 is 0. The van der Waals surface area contributed by atoms with E-state index in [-0.39, 0.29) is 17.7 Å². The van der Waals surface area contributed by atoms with Crippen molar-refractivity contribution >= 4 is 17.5 Å². The van der Waals surface area contributed by atoms with E-state index in [4.69, 9.17) is 9.47 Å². The SMILES string of the molecule is COCCCNC(=O)C1COc2ccc(NC(=O)c3ccc(C)cc3)cc2C1. The van der Waals surface area contributed by atoms with Gasteiger partial charge < -0.3 is 20.1 Å². The van der Waals surface area contributed by atoms with E-state index in [0.29, 0.717) is 37.4 Å². The third kappa shape index (κ3) is 5.10. The Morgan fingerprint density at radius 1 is 1.18 bits per heavy atom. The number of hydrogen-bond acceptors (Lipinski definition) is 4. The smallest absolute Gasteiger partial charge is 0.255 e. The van der Waals surface area contributed by atoms with Gasteiger partial charge in [0.05, 0.1) is 5.92 Å². The van der Waals surface area contributed by atoms with Crippen LogP contribution in [0, 0.1) is 12.8 Å². The van der Waals surface area contributed by atoms with Crippen LogP contribution in [0.4, 0.5) is 5.69 Å². The van der Waals surface area contributed by atoms with Gasteiger partial charge in [-0.2, -0.15) is 0 Å². The summed E-state index contributed by atoms with van der Waals surface area (Å²) in [5.41, 5.74) is 3.32. The molecule has 6 heteroatoms. The van der Waals surface area contributed by atoms with Crippen molar-refractivity contribution in [2.45, 2.75) is 19.8 Å². The van der Waals surface area contributed by atoms with E-state index in [1.54, 1.807) is 19.2 Å². The second-order valence-electron chi connectivity index (χ2n) is 6.99. The Morgan fingerprint density at radius 3 is 2.71 bits per heavy atom. The van der Waals surface area contributed by atoms with Gasteiger partial charge in [0.25, 0.3) is 5.91 Å². The predicted molar refractivity (Wildman–Crippen MR) is 108 cm³/mol. The van der Waals surface area contributed by atoms with Crippen molar-refractivity contribution in [1.29, 1.82) is 0 Å². The lowest BCUT2D eigenvalue weighted by Gasteiger charge is -2.25. The Bertz CT molecular complexity index is 833. The van der Waals surface area contributed by atoms with E-state index in [0.717, 1.165) is 23.3 Å². The summed E-state index contributed by atoms with van der Waals surface area (Å²) in [5, 5.41) is 5.83. The van der Waals surface area contributed by atoms with E-state index in [1.807, 2.05) is 37.3 Å². The summed E-state index contributed by atoms with van der Waals surface area (Å²) in [6, 6.07) is 13.0. The monoisotopic (exact) mass is 382 g/mol. The predicted octanol–water partition coefficient (Wildman–Crippen LogP) is 2.95. The van der Waals surface area contributed by atoms with Crippen LogP contribution in [0.5, 0.6) is 5.75 Å². The molecule has 148 valence electrons. The van der Waals surface area contributed by atoms with Gasteiger partial charge in [-0.3, -0.25) is 9.59 Å². The zero-order chi connectivity index (χ0) is 19.9. The second-order valence-corrected chi connectivity index (χ2v) is 6.99. The molecule has 0 fully saturated rings. The Balaban J connectivity index is 1.62. The standard InChI is InChI=1S/C22H26N2O4/c1-15-4-6-16(7-5-15)22(26)24-19-8-9-20-17(13-19)12-18(14-28-20)21(25)23-10-3-11-27-2/h4-9,13,18H,3,10-12,14H2,1-2H3,(H,23,25)(H,24,26). The maximum atomic E-state index is 12.4. The highest BCUT2D eigenvalue weighted by molar-refractivity contribution is 6.04. The number of ether oxygens (including phenoxy) is 2. The summed E-state index contributed by atoms with van der Waals surface area (Å²) < 4.78 is 10.7. The van der Waals surface area contributed by atoms with Gasteiger partial charge >= 0.3 is 0 Å². The van der Waals surface area contributed by atoms with Crippen molar-refractivity contribution < 1.29 is 19.1 Å². The number of nitrogens with one attached hydrogen (secondary N) is 2. The molecule has 0 aromatic heterocycles. The average Bonchev–Trinajstić information content (AvgIpc) is 2.71. The molecule has 1 aliphatic heterocycles. The van der Waals surface area contributed by atoms with E-state index in [2.05, 4.69) is 10.6 Å². The molecule has 2 aromatic carbocycles. The number of aryl methyl sites for hydroxylation is 1. The van der Waals surface area contributed by atoms with Gasteiger partial charge in [0.15, 0.2) is 0 Å². The van der Waals surface area contributed by atoms with Gasteiger partial charge in [0.1, 0.15) is 12.4 Å². The normalized spacial score (nSPS) is 15.3. The molecule has 0 saturated carbocycles. The molecule has 1 atom stereocenters. The molecule has 0 saturated heterocycles. The quantitative estimate of drug-likeness (QED) is 0.722. The average molecular weight is 382 g/mol. The van der Waals surface area contributed by atoms with Gasteiger partial charge in [-0.05, 0) is 55.7 Å². The van der Waals surface area contributed by atoms with E-state index in [9.17, 15) is 9.59 Å². The van der Waals surface area contributed by atoms with E-state index in [1.165, 1.54) is 0 Å². The number of anilines is 1. The first kappa shape index (κ1) is 19.9. The van der Waals surface area contributed by atoms with Crippen LogP contribution in [-0.4, -0.2) is 38.7 Å². The van der Waals surface area contributed by atoms with Crippen molar-refractivity contribution in [2.75, 3.05) is 32.2 Å². The van der Waals surface area contributed by atoms with Gasteiger partial charge in [0.2, 0.25) is 5.91 Å². The van der Waals surface area contributed by atoms with Crippen molar-refractivity contribution in [3.8, 4) is 5.75 Å². The highest BCUT2D eigenvalue weighted by atomic mass is 16.5. The Hall–Kier alpha value is -2.86. The number of fused-ring (bicyclic) bond motifs is 1. The van der Waals surface area contributed by atoms with Gasteiger partial charge in [-0.25, -0.2) is 0 Å². The fourth-order valence-electron chi connectivity index (χ4n) is 3.12. The molecule has 3 rings (SSSR count). The summed E-state index contributed by atoms with van der Waals surface area (Å²) in [4.78, 5) is 24.8. The summed E-state index contributed by atoms with van der Waals surface area (Å²) in [6.45, 7) is 3.55. The molecule has 1 heterocycles. The number of benzene rings is 2. The molecule has 1 aliphatic rings. The lowest BCUT2D eigenvalue weighted by Crippen LogP contribution is -2.38. The van der Waals surface area contributed by atoms with Crippen LogP contribution in [0.1, 0.15) is 27.9 Å². The number of carbonyl (C=O) groups excluding carboxylic acids is 2. The van der Waals surface area contributed by atoms with E-state index < -0.39 is 0 Å². The number of amides is 2. The van der Waals surface area contributed by atoms with Gasteiger partial charge in [0, 0.05) is 31.5 Å². The molecule has 28 heavy (non-hydrogen) atoms. The highest BCUT2D eigenvalue weighted by Gasteiger charge is 2.26. The fraction of sp³-hybridized carbons (Fsp3) is 0.364. The van der Waals surface area contributed by atoms with Crippen LogP contribution >= 0.6 is 0 Å². The molecule has 1 unspecified atom stereocenters. The first-order valence-electron chi connectivity index (χ1n) is 9.47. The Kier molecular flexibility index (Phi) is 6.66. The topological polar surface area (TPSA) is 76.7 Å². The van der Waals surface area contributed by atoms with Crippen LogP contribution in [0.2, 0.25) is 0 Å². The Labute approximate surface area is 165 Å². The number of carbonyl (C=O) groups is 2. The van der Waals surface area contributed by atoms with Crippen LogP contribution in [-0.2, 0) is 16.0 Å². The molecule has 2 aromatic rings. The summed E-state index contributed by atoms with van der Waals surface area (Å²) in [7, 11) is 1.64. The Morgan fingerprint density at radius 2 is 1.96 bits per heavy atom. The van der Waals surface area contributed by atoms with Crippen molar-refractivity contribution in [1.82, 2.24) is 5.32 Å². The highest BCUT2D eigenvalue weighted by Crippen LogP contribution is 2.30. The zero-order valence-corrected chi connectivity index (χ0v) is 16.3. The van der Waals surface area contributed by atoms with Gasteiger partial charge in [-0.1, -0.05) is 17.7 Å². The summed E-state index contributed by atoms with van der Waals surface area (Å²) in [6.07, 6.45) is 1.36. The molecular formula is C22H26N2O4. The van der Waals surface area contributed by atoms with Crippen LogP contribution in [0.25, 0.3) is 0 Å². The molecule has 6 nitrogen and oxygen atoms in total. The largest absolute Gasteiger partial charge is 0.492 e. The van der Waals surface area contributed by atoms with Crippen molar-refractivity contribution in [3.05, 3.63) is 59.2 Å². The maximum Gasteiger partial charge on any atom is 0.255 e. The second kappa shape index (κ2) is 9.37. The fourth-order valence-corrected chi connectivity index (χ4v) is 3.12. The van der Waals surface area contributed by atoms with Gasteiger partial charge in [-0.15, -0.1) is 0 Å². The molecular weight excluding hydrogens is 356 g/mol. The minimum absolute atomic E-state index is 0.0177.